The summed E-state index contributed by atoms with van der Waals surface area (Å²) in [4.78, 5) is 38.2. The van der Waals surface area contributed by atoms with Gasteiger partial charge in [-0.1, -0.05) is 52.0 Å². The molecule has 0 aromatic heterocycles. The quantitative estimate of drug-likeness (QED) is 0.356. The van der Waals surface area contributed by atoms with Crippen molar-refractivity contribution in [2.75, 3.05) is 11.9 Å². The number of Topliss-reactive ketones (excluding diaryl/α,β-unsaturated/α-hetero) is 1. The molecule has 0 aliphatic carbocycles. The number of hydrogen-bond donors (Lipinski definition) is 1. The number of carbonyl (C=O) groups is 3. The third kappa shape index (κ3) is 5.62. The van der Waals surface area contributed by atoms with E-state index in [-0.39, 0.29) is 30.6 Å². The number of carbonyl (C=O) groups excluding carboxylic acids is 3. The first-order chi connectivity index (χ1) is 13.8. The molecular weight excluding hydrogens is 472 g/mol. The molecule has 1 aliphatic heterocycles. The SMILES string of the molecule is CC(=O)c1ccc(NC(=O)CCN2C(=O)C(=Cc3cccc(Br)c3)SC2=S)cc1. The number of hydrogen-bond acceptors (Lipinski definition) is 5. The second-order valence-corrected chi connectivity index (χ2v) is 8.91. The van der Waals surface area contributed by atoms with E-state index < -0.39 is 0 Å². The molecule has 148 valence electrons. The van der Waals surface area contributed by atoms with Crippen molar-refractivity contribution in [1.29, 1.82) is 0 Å². The summed E-state index contributed by atoms with van der Waals surface area (Å²) >= 11 is 9.95. The van der Waals surface area contributed by atoms with Gasteiger partial charge in [-0.05, 0) is 55.0 Å². The fraction of sp³-hybridized carbons (Fsp3) is 0.143. The number of halogens is 1. The van der Waals surface area contributed by atoms with E-state index in [1.807, 2.05) is 24.3 Å². The molecule has 0 spiro atoms. The normalized spacial score (nSPS) is 15.1. The topological polar surface area (TPSA) is 66.5 Å². The summed E-state index contributed by atoms with van der Waals surface area (Å²) < 4.78 is 1.37. The zero-order valence-electron chi connectivity index (χ0n) is 15.5. The maximum absolute atomic E-state index is 12.7. The smallest absolute Gasteiger partial charge is 0.266 e. The van der Waals surface area contributed by atoms with E-state index in [0.717, 1.165) is 10.0 Å². The van der Waals surface area contributed by atoms with Gasteiger partial charge in [0.2, 0.25) is 5.91 Å². The molecule has 0 radical (unpaired) electrons. The van der Waals surface area contributed by atoms with Crippen LogP contribution in [0.5, 0.6) is 0 Å². The van der Waals surface area contributed by atoms with Gasteiger partial charge in [-0.25, -0.2) is 0 Å². The third-order valence-corrected chi connectivity index (χ3v) is 6.03. The minimum absolute atomic E-state index is 0.0341. The van der Waals surface area contributed by atoms with Gasteiger partial charge in [0, 0.05) is 28.7 Å². The molecule has 0 atom stereocenters. The van der Waals surface area contributed by atoms with Crippen molar-refractivity contribution >= 4 is 73.6 Å². The van der Waals surface area contributed by atoms with Crippen molar-refractivity contribution in [3.8, 4) is 0 Å². The molecule has 0 bridgehead atoms. The average Bonchev–Trinajstić information content (AvgIpc) is 2.93. The molecule has 8 heteroatoms. The van der Waals surface area contributed by atoms with E-state index in [4.69, 9.17) is 12.2 Å². The van der Waals surface area contributed by atoms with Crippen LogP contribution >= 0.6 is 39.9 Å². The van der Waals surface area contributed by atoms with Gasteiger partial charge in [-0.2, -0.15) is 0 Å². The second kappa shape index (κ2) is 9.47. The molecule has 1 fully saturated rings. The zero-order chi connectivity index (χ0) is 21.0. The third-order valence-electron chi connectivity index (χ3n) is 4.16. The van der Waals surface area contributed by atoms with Crippen LogP contribution in [0.15, 0.2) is 57.9 Å². The van der Waals surface area contributed by atoms with Gasteiger partial charge < -0.3 is 5.32 Å². The number of thioether (sulfide) groups is 1. The number of ketones is 1. The largest absolute Gasteiger partial charge is 0.326 e. The predicted octanol–water partition coefficient (Wildman–Crippen LogP) is 4.88. The van der Waals surface area contributed by atoms with E-state index >= 15 is 0 Å². The van der Waals surface area contributed by atoms with Crippen LogP contribution in [-0.2, 0) is 9.59 Å². The molecular formula is C21H17BrN2O3S2. The van der Waals surface area contributed by atoms with Gasteiger partial charge in [0.1, 0.15) is 4.32 Å². The molecule has 1 saturated heterocycles. The number of anilines is 1. The van der Waals surface area contributed by atoms with Gasteiger partial charge in [0.05, 0.1) is 4.91 Å². The number of nitrogens with zero attached hydrogens (tertiary/aromatic N) is 1. The van der Waals surface area contributed by atoms with Crippen molar-refractivity contribution in [3.63, 3.8) is 0 Å². The Kier molecular flexibility index (Phi) is 7.00. The van der Waals surface area contributed by atoms with E-state index in [1.165, 1.54) is 23.6 Å². The molecule has 3 rings (SSSR count). The fourth-order valence-electron chi connectivity index (χ4n) is 2.67. The summed E-state index contributed by atoms with van der Waals surface area (Å²) in [6, 6.07) is 14.3. The molecule has 0 saturated carbocycles. The molecule has 1 aliphatic rings. The Labute approximate surface area is 186 Å². The lowest BCUT2D eigenvalue weighted by molar-refractivity contribution is -0.122. The van der Waals surface area contributed by atoms with Crippen LogP contribution in [0.3, 0.4) is 0 Å². The van der Waals surface area contributed by atoms with Crippen molar-refractivity contribution in [3.05, 3.63) is 69.0 Å². The van der Waals surface area contributed by atoms with E-state index in [2.05, 4.69) is 21.2 Å². The first-order valence-electron chi connectivity index (χ1n) is 8.75. The molecule has 0 unspecified atom stereocenters. The Morgan fingerprint density at radius 2 is 1.93 bits per heavy atom. The lowest BCUT2D eigenvalue weighted by atomic mass is 10.1. The molecule has 29 heavy (non-hydrogen) atoms. The van der Waals surface area contributed by atoms with Crippen LogP contribution in [0, 0.1) is 0 Å². The van der Waals surface area contributed by atoms with E-state index in [0.29, 0.717) is 20.5 Å². The van der Waals surface area contributed by atoms with Crippen LogP contribution in [0.1, 0.15) is 29.3 Å². The molecule has 1 N–H and O–H groups in total. The van der Waals surface area contributed by atoms with Crippen LogP contribution < -0.4 is 5.32 Å². The summed E-state index contributed by atoms with van der Waals surface area (Å²) in [5, 5.41) is 2.76. The highest BCUT2D eigenvalue weighted by Crippen LogP contribution is 2.33. The van der Waals surface area contributed by atoms with Crippen LogP contribution in [0.4, 0.5) is 5.69 Å². The van der Waals surface area contributed by atoms with Crippen molar-refractivity contribution in [1.82, 2.24) is 4.90 Å². The van der Waals surface area contributed by atoms with E-state index in [1.54, 1.807) is 30.3 Å². The Morgan fingerprint density at radius 1 is 1.21 bits per heavy atom. The molecule has 5 nitrogen and oxygen atoms in total. The van der Waals surface area contributed by atoms with E-state index in [9.17, 15) is 14.4 Å². The number of nitrogens with one attached hydrogen (secondary N) is 1. The summed E-state index contributed by atoms with van der Waals surface area (Å²) in [6.45, 7) is 1.69. The maximum atomic E-state index is 12.7. The zero-order valence-corrected chi connectivity index (χ0v) is 18.7. The van der Waals surface area contributed by atoms with Crippen LogP contribution in [0.25, 0.3) is 6.08 Å². The minimum Gasteiger partial charge on any atom is -0.326 e. The van der Waals surface area contributed by atoms with Crippen LogP contribution in [0.2, 0.25) is 0 Å². The fourth-order valence-corrected chi connectivity index (χ4v) is 4.39. The van der Waals surface area contributed by atoms with Crippen LogP contribution in [-0.4, -0.2) is 33.4 Å². The van der Waals surface area contributed by atoms with Gasteiger partial charge in [0.15, 0.2) is 5.78 Å². The van der Waals surface area contributed by atoms with Crippen molar-refractivity contribution in [2.45, 2.75) is 13.3 Å². The predicted molar refractivity (Wildman–Crippen MR) is 124 cm³/mol. The Balaban J connectivity index is 1.58. The second-order valence-electron chi connectivity index (χ2n) is 6.32. The highest BCUT2D eigenvalue weighted by molar-refractivity contribution is 9.10. The van der Waals surface area contributed by atoms with Gasteiger partial charge in [-0.3, -0.25) is 19.3 Å². The summed E-state index contributed by atoms with van der Waals surface area (Å²) in [5.74, 6) is -0.461. The molecule has 2 aromatic rings. The number of rotatable bonds is 6. The average molecular weight is 489 g/mol. The standard InChI is InChI=1S/C21H17BrN2O3S2/c1-13(25)15-5-7-17(8-6-15)23-19(26)9-10-24-20(27)18(29-21(24)28)12-14-3-2-4-16(22)11-14/h2-8,11-12H,9-10H2,1H3,(H,23,26). The number of benzene rings is 2. The summed E-state index contributed by atoms with van der Waals surface area (Å²) in [7, 11) is 0. The molecule has 2 aromatic carbocycles. The molecule has 1 heterocycles. The summed E-state index contributed by atoms with van der Waals surface area (Å²) in [6.07, 6.45) is 1.91. The monoisotopic (exact) mass is 488 g/mol. The van der Waals surface area contributed by atoms with Crippen molar-refractivity contribution in [2.24, 2.45) is 0 Å². The highest BCUT2D eigenvalue weighted by atomic mass is 79.9. The number of thiocarbonyl (C=S) groups is 1. The Morgan fingerprint density at radius 3 is 2.59 bits per heavy atom. The van der Waals surface area contributed by atoms with Gasteiger partial charge in [-0.15, -0.1) is 0 Å². The molecule has 2 amide bonds. The first kappa shape index (κ1) is 21.4. The Hall–Kier alpha value is -2.29. The minimum atomic E-state index is -0.231. The van der Waals surface area contributed by atoms with Gasteiger partial charge in [0.25, 0.3) is 5.91 Å². The highest BCUT2D eigenvalue weighted by Gasteiger charge is 2.32. The maximum Gasteiger partial charge on any atom is 0.266 e. The van der Waals surface area contributed by atoms with Crippen molar-refractivity contribution < 1.29 is 14.4 Å². The lowest BCUT2D eigenvalue weighted by Crippen LogP contribution is -2.31. The summed E-state index contributed by atoms with van der Waals surface area (Å²) in [5.41, 5.74) is 2.07. The van der Waals surface area contributed by atoms with Gasteiger partial charge >= 0.3 is 0 Å². The first-order valence-corrected chi connectivity index (χ1v) is 10.8. The lowest BCUT2D eigenvalue weighted by Gasteiger charge is -2.14. The Bertz CT molecular complexity index is 1020. The number of amides is 2.